The van der Waals surface area contributed by atoms with Gasteiger partial charge in [0.05, 0.1) is 31.1 Å². The molecular formula is C20H22N4O2. The minimum Gasteiger partial charge on any atom is -0.419 e. The van der Waals surface area contributed by atoms with Gasteiger partial charge in [-0.3, -0.25) is 0 Å². The lowest BCUT2D eigenvalue weighted by Gasteiger charge is -2.30. The number of nitrogens with zero attached hydrogens (tertiary/aromatic N) is 3. The molecule has 3 aromatic rings. The van der Waals surface area contributed by atoms with E-state index in [1.165, 1.54) is 11.3 Å². The van der Waals surface area contributed by atoms with Crippen molar-refractivity contribution in [2.24, 2.45) is 0 Å². The van der Waals surface area contributed by atoms with Crippen molar-refractivity contribution in [2.75, 3.05) is 36.5 Å². The quantitative estimate of drug-likeness (QED) is 0.760. The van der Waals surface area contributed by atoms with Gasteiger partial charge in [-0.1, -0.05) is 29.8 Å². The first-order valence-electron chi connectivity index (χ1n) is 8.84. The first-order valence-corrected chi connectivity index (χ1v) is 8.84. The zero-order valence-electron chi connectivity index (χ0n) is 14.8. The van der Waals surface area contributed by atoms with Crippen LogP contribution in [0.15, 0.2) is 52.9 Å². The number of nitrogens with one attached hydrogen (secondary N) is 1. The number of hydrogen-bond acceptors (Lipinski definition) is 6. The fraction of sp³-hybridized carbons (Fsp3) is 0.300. The predicted octanol–water partition coefficient (Wildman–Crippen LogP) is 3.49. The van der Waals surface area contributed by atoms with Gasteiger partial charge in [-0.15, -0.1) is 10.2 Å². The number of rotatable bonds is 5. The summed E-state index contributed by atoms with van der Waals surface area (Å²) in [6.45, 7) is 5.86. The Bertz CT molecular complexity index is 854. The van der Waals surface area contributed by atoms with Gasteiger partial charge in [0.2, 0.25) is 11.8 Å². The summed E-state index contributed by atoms with van der Waals surface area (Å²) in [5, 5.41) is 11.7. The van der Waals surface area contributed by atoms with Crippen LogP contribution < -0.4 is 10.2 Å². The highest BCUT2D eigenvalue weighted by atomic mass is 16.5. The third kappa shape index (κ3) is 3.70. The molecule has 0 radical (unpaired) electrons. The monoisotopic (exact) mass is 350 g/mol. The molecular weight excluding hydrogens is 328 g/mol. The van der Waals surface area contributed by atoms with Crippen LogP contribution in [0.4, 0.5) is 11.4 Å². The van der Waals surface area contributed by atoms with E-state index < -0.39 is 0 Å². The predicted molar refractivity (Wildman–Crippen MR) is 101 cm³/mol. The van der Waals surface area contributed by atoms with Gasteiger partial charge in [-0.2, -0.15) is 0 Å². The summed E-state index contributed by atoms with van der Waals surface area (Å²) in [5.74, 6) is 1.11. The highest BCUT2D eigenvalue weighted by Gasteiger charge is 2.15. The number of aryl methyl sites for hydroxylation is 1. The first kappa shape index (κ1) is 16.6. The summed E-state index contributed by atoms with van der Waals surface area (Å²) < 4.78 is 11.2. The Labute approximate surface area is 152 Å². The molecule has 0 atom stereocenters. The number of anilines is 2. The highest BCUT2D eigenvalue weighted by molar-refractivity contribution is 5.70. The molecule has 0 saturated carbocycles. The summed E-state index contributed by atoms with van der Waals surface area (Å²) >= 11 is 0. The molecule has 1 aliphatic heterocycles. The van der Waals surface area contributed by atoms with Crippen molar-refractivity contribution in [2.45, 2.75) is 13.5 Å². The van der Waals surface area contributed by atoms with Crippen LogP contribution in [0.25, 0.3) is 11.5 Å². The van der Waals surface area contributed by atoms with Crippen molar-refractivity contribution in [1.29, 1.82) is 0 Å². The average molecular weight is 350 g/mol. The van der Waals surface area contributed by atoms with Gasteiger partial charge in [0.15, 0.2) is 0 Å². The maximum absolute atomic E-state index is 5.80. The van der Waals surface area contributed by atoms with Crippen molar-refractivity contribution < 1.29 is 9.15 Å². The topological polar surface area (TPSA) is 63.4 Å². The lowest BCUT2D eigenvalue weighted by molar-refractivity contribution is 0.123. The highest BCUT2D eigenvalue weighted by Crippen LogP contribution is 2.27. The molecule has 1 aromatic heterocycles. The Morgan fingerprint density at radius 2 is 1.77 bits per heavy atom. The van der Waals surface area contributed by atoms with E-state index in [4.69, 9.17) is 9.15 Å². The summed E-state index contributed by atoms with van der Waals surface area (Å²) in [6, 6.07) is 16.3. The summed E-state index contributed by atoms with van der Waals surface area (Å²) in [5.41, 5.74) is 4.37. The van der Waals surface area contributed by atoms with Crippen LogP contribution in [0.3, 0.4) is 0 Å². The number of hydrogen-bond donors (Lipinski definition) is 1. The van der Waals surface area contributed by atoms with E-state index >= 15 is 0 Å². The maximum atomic E-state index is 5.80. The molecule has 1 saturated heterocycles. The summed E-state index contributed by atoms with van der Waals surface area (Å²) in [6.07, 6.45) is 0. The maximum Gasteiger partial charge on any atom is 0.247 e. The summed E-state index contributed by atoms with van der Waals surface area (Å²) in [4.78, 5) is 2.33. The molecule has 1 fully saturated rings. The smallest absolute Gasteiger partial charge is 0.247 e. The third-order valence-electron chi connectivity index (χ3n) is 4.45. The van der Waals surface area contributed by atoms with E-state index in [-0.39, 0.29) is 0 Å². The molecule has 1 N–H and O–H groups in total. The van der Waals surface area contributed by atoms with Crippen LogP contribution >= 0.6 is 0 Å². The molecule has 4 rings (SSSR count). The molecule has 0 bridgehead atoms. The Hall–Kier alpha value is -2.86. The van der Waals surface area contributed by atoms with Crippen LogP contribution in [0.5, 0.6) is 0 Å². The van der Waals surface area contributed by atoms with Crippen LogP contribution in [0.1, 0.15) is 11.5 Å². The minimum absolute atomic E-state index is 0.486. The lowest BCUT2D eigenvalue weighted by atomic mass is 10.1. The van der Waals surface area contributed by atoms with Gasteiger partial charge in [-0.05, 0) is 31.2 Å². The SMILES string of the molecule is Cc1ccc(-c2nnc(CNc3ccccc3N3CCOCC3)o2)cc1. The van der Waals surface area contributed by atoms with Gasteiger partial charge in [-0.25, -0.2) is 0 Å². The van der Waals surface area contributed by atoms with Crippen LogP contribution in [-0.2, 0) is 11.3 Å². The molecule has 0 spiro atoms. The van der Waals surface area contributed by atoms with Crippen molar-refractivity contribution >= 4 is 11.4 Å². The normalized spacial score (nSPS) is 14.4. The number of benzene rings is 2. The number of para-hydroxylation sites is 2. The molecule has 134 valence electrons. The van der Waals surface area contributed by atoms with Gasteiger partial charge in [0, 0.05) is 18.7 Å². The average Bonchev–Trinajstić information content (AvgIpc) is 3.17. The van der Waals surface area contributed by atoms with E-state index in [2.05, 4.69) is 45.5 Å². The zero-order valence-corrected chi connectivity index (χ0v) is 14.8. The van der Waals surface area contributed by atoms with Crippen molar-refractivity contribution in [3.8, 4) is 11.5 Å². The second-order valence-electron chi connectivity index (χ2n) is 6.34. The minimum atomic E-state index is 0.486. The largest absolute Gasteiger partial charge is 0.419 e. The second-order valence-corrected chi connectivity index (χ2v) is 6.34. The molecule has 2 heterocycles. The van der Waals surface area contributed by atoms with E-state index in [0.29, 0.717) is 18.3 Å². The van der Waals surface area contributed by atoms with Gasteiger partial charge >= 0.3 is 0 Å². The van der Waals surface area contributed by atoms with Crippen LogP contribution in [0, 0.1) is 6.92 Å². The fourth-order valence-electron chi connectivity index (χ4n) is 3.01. The Balaban J connectivity index is 1.45. The molecule has 6 heteroatoms. The molecule has 0 aliphatic carbocycles. The first-order chi connectivity index (χ1) is 12.8. The van der Waals surface area contributed by atoms with Crippen LogP contribution in [-0.4, -0.2) is 36.5 Å². The Morgan fingerprint density at radius 1 is 1.00 bits per heavy atom. The van der Waals surface area contributed by atoms with Gasteiger partial charge in [0.25, 0.3) is 0 Å². The van der Waals surface area contributed by atoms with Gasteiger partial charge in [0.1, 0.15) is 0 Å². The van der Waals surface area contributed by atoms with Gasteiger partial charge < -0.3 is 19.4 Å². The number of ether oxygens (including phenoxy) is 1. The van der Waals surface area contributed by atoms with Crippen LogP contribution in [0.2, 0.25) is 0 Å². The summed E-state index contributed by atoms with van der Waals surface area (Å²) in [7, 11) is 0. The van der Waals surface area contributed by atoms with Crippen molar-refractivity contribution in [1.82, 2.24) is 10.2 Å². The Morgan fingerprint density at radius 3 is 2.58 bits per heavy atom. The standard InChI is InChI=1S/C20H22N4O2/c1-15-6-8-16(9-7-15)20-23-22-19(26-20)14-21-17-4-2-3-5-18(17)24-10-12-25-13-11-24/h2-9,21H,10-14H2,1H3. The lowest BCUT2D eigenvalue weighted by Crippen LogP contribution is -2.36. The van der Waals surface area contributed by atoms with E-state index in [1.54, 1.807) is 0 Å². The Kier molecular flexibility index (Phi) is 4.84. The van der Waals surface area contributed by atoms with E-state index in [0.717, 1.165) is 37.6 Å². The molecule has 6 nitrogen and oxygen atoms in total. The van der Waals surface area contributed by atoms with Crippen molar-refractivity contribution in [3.63, 3.8) is 0 Å². The molecule has 0 unspecified atom stereocenters. The van der Waals surface area contributed by atoms with E-state index in [1.807, 2.05) is 30.3 Å². The van der Waals surface area contributed by atoms with Crippen molar-refractivity contribution in [3.05, 3.63) is 60.0 Å². The van der Waals surface area contributed by atoms with E-state index in [9.17, 15) is 0 Å². The molecule has 0 amide bonds. The molecule has 26 heavy (non-hydrogen) atoms. The number of aromatic nitrogens is 2. The molecule has 2 aromatic carbocycles. The second kappa shape index (κ2) is 7.58. The number of morpholine rings is 1. The molecule has 1 aliphatic rings. The third-order valence-corrected chi connectivity index (χ3v) is 4.45. The zero-order chi connectivity index (χ0) is 17.8. The fourth-order valence-corrected chi connectivity index (χ4v) is 3.01.